The van der Waals surface area contributed by atoms with E-state index < -0.39 is 11.9 Å². The second kappa shape index (κ2) is 8.75. The third-order valence-corrected chi connectivity index (χ3v) is 5.60. The van der Waals surface area contributed by atoms with Crippen LogP contribution in [0.15, 0.2) is 0 Å². The summed E-state index contributed by atoms with van der Waals surface area (Å²) in [6, 6.07) is 0.986. The summed E-state index contributed by atoms with van der Waals surface area (Å²) in [6.07, 6.45) is 5.39. The quantitative estimate of drug-likeness (QED) is 0.422. The summed E-state index contributed by atoms with van der Waals surface area (Å²) in [5, 5.41) is 14.8. The second-order valence-corrected chi connectivity index (χ2v) is 7.21. The molecule has 6 N–H and O–H groups in total. The van der Waals surface area contributed by atoms with Crippen molar-refractivity contribution in [3.8, 4) is 0 Å². The summed E-state index contributed by atoms with van der Waals surface area (Å²) in [6.45, 7) is 7.53. The van der Waals surface area contributed by atoms with Crippen LogP contribution in [0.4, 0.5) is 0 Å². The van der Waals surface area contributed by atoms with Crippen LogP contribution in [0, 0.1) is 11.8 Å². The Morgan fingerprint density at radius 3 is 1.08 bits per heavy atom. The molecule has 0 spiro atoms. The van der Waals surface area contributed by atoms with Crippen molar-refractivity contribution in [3.05, 3.63) is 0 Å². The minimum absolute atomic E-state index is 0.493. The van der Waals surface area contributed by atoms with Gasteiger partial charge in [-0.3, -0.25) is 0 Å². The van der Waals surface area contributed by atoms with Gasteiger partial charge in [-0.25, -0.2) is 9.59 Å². The number of aliphatic carboxylic acids is 2. The van der Waals surface area contributed by atoms with Crippen molar-refractivity contribution in [1.82, 2.24) is 9.80 Å². The maximum atomic E-state index is 9.10. The predicted octanol–water partition coefficient (Wildman–Crippen LogP) is -0.766. The van der Waals surface area contributed by atoms with Crippen LogP contribution in [-0.2, 0) is 9.59 Å². The molecule has 2 atom stereocenters. The maximum absolute atomic E-state index is 9.10. The van der Waals surface area contributed by atoms with Crippen molar-refractivity contribution in [3.63, 3.8) is 0 Å². The van der Waals surface area contributed by atoms with Gasteiger partial charge in [-0.15, -0.1) is 0 Å². The summed E-state index contributed by atoms with van der Waals surface area (Å²) in [4.78, 5) is 23.2. The maximum Gasteiger partial charge on any atom is 0.414 e. The molecule has 4 bridgehead atoms. The van der Waals surface area contributed by atoms with E-state index in [1.807, 2.05) is 0 Å². The number of carboxylic acid groups (broad SMARTS) is 2. The lowest BCUT2D eigenvalue weighted by molar-refractivity contribution is -0.159. The van der Waals surface area contributed by atoms with Gasteiger partial charge < -0.3 is 31.5 Å². The van der Waals surface area contributed by atoms with Crippen molar-refractivity contribution in [2.75, 3.05) is 39.3 Å². The van der Waals surface area contributed by atoms with Gasteiger partial charge in [-0.1, -0.05) is 0 Å². The highest BCUT2D eigenvalue weighted by molar-refractivity contribution is 6.27. The molecule has 6 rings (SSSR count). The molecule has 0 aromatic rings. The van der Waals surface area contributed by atoms with E-state index in [-0.39, 0.29) is 0 Å². The zero-order valence-corrected chi connectivity index (χ0v) is 14.1. The van der Waals surface area contributed by atoms with Crippen LogP contribution in [-0.4, -0.2) is 83.3 Å². The number of nitrogens with zero attached hydrogens (tertiary/aromatic N) is 2. The van der Waals surface area contributed by atoms with E-state index in [1.54, 1.807) is 0 Å². The lowest BCUT2D eigenvalue weighted by Gasteiger charge is -2.43. The zero-order valence-electron chi connectivity index (χ0n) is 14.1. The standard InChI is InChI=1S/2C7H14N2.C2H2O4/c2*8-7-5-9-3-1-6(7)2-4-9;3-1(4)2(5)6/h2*6-7H,1-5,8H2;(H,3,4)(H,5,6). The fraction of sp³-hybridized carbons (Fsp3) is 0.875. The van der Waals surface area contributed by atoms with Gasteiger partial charge in [-0.05, 0) is 63.7 Å². The van der Waals surface area contributed by atoms with Gasteiger partial charge in [0.25, 0.3) is 0 Å². The average molecular weight is 342 g/mol. The largest absolute Gasteiger partial charge is 0.473 e. The van der Waals surface area contributed by atoms with Crippen molar-refractivity contribution < 1.29 is 19.8 Å². The number of piperidine rings is 6. The number of nitrogens with two attached hydrogens (primary N) is 2. The van der Waals surface area contributed by atoms with Crippen LogP contribution in [0.1, 0.15) is 25.7 Å². The molecule has 0 radical (unpaired) electrons. The van der Waals surface area contributed by atoms with Crippen molar-refractivity contribution in [1.29, 1.82) is 0 Å². The van der Waals surface area contributed by atoms with E-state index in [0.717, 1.165) is 24.9 Å². The Bertz CT molecular complexity index is 392. The van der Waals surface area contributed by atoms with E-state index in [4.69, 9.17) is 31.3 Å². The van der Waals surface area contributed by atoms with Gasteiger partial charge in [0.1, 0.15) is 0 Å². The fourth-order valence-corrected chi connectivity index (χ4v) is 4.02. The van der Waals surface area contributed by atoms with E-state index in [2.05, 4.69) is 9.80 Å². The highest BCUT2D eigenvalue weighted by Crippen LogP contribution is 2.26. The smallest absolute Gasteiger partial charge is 0.414 e. The number of fused-ring (bicyclic) bond motifs is 6. The predicted molar refractivity (Wildman–Crippen MR) is 89.6 cm³/mol. The molecule has 6 fully saturated rings. The van der Waals surface area contributed by atoms with E-state index in [0.29, 0.717) is 12.1 Å². The van der Waals surface area contributed by atoms with Gasteiger partial charge in [0.15, 0.2) is 0 Å². The van der Waals surface area contributed by atoms with Crippen LogP contribution in [0.25, 0.3) is 0 Å². The van der Waals surface area contributed by atoms with Gasteiger partial charge in [0.05, 0.1) is 0 Å². The Morgan fingerprint density at radius 2 is 1.00 bits per heavy atom. The van der Waals surface area contributed by atoms with Gasteiger partial charge in [0, 0.05) is 25.2 Å². The topological polar surface area (TPSA) is 133 Å². The molecule has 0 saturated carbocycles. The summed E-state index contributed by atoms with van der Waals surface area (Å²) < 4.78 is 0. The molecule has 0 aliphatic carbocycles. The van der Waals surface area contributed by atoms with Gasteiger partial charge >= 0.3 is 11.9 Å². The fourth-order valence-electron chi connectivity index (χ4n) is 4.02. The van der Waals surface area contributed by atoms with Crippen LogP contribution in [0.2, 0.25) is 0 Å². The lowest BCUT2D eigenvalue weighted by Crippen LogP contribution is -2.54. The van der Waals surface area contributed by atoms with Crippen LogP contribution in [0.3, 0.4) is 0 Å². The summed E-state index contributed by atoms with van der Waals surface area (Å²) in [5.74, 6) is -1.94. The molecule has 0 aromatic heterocycles. The highest BCUT2D eigenvalue weighted by atomic mass is 16.4. The molecule has 0 amide bonds. The molecule has 24 heavy (non-hydrogen) atoms. The number of hydrogen-bond donors (Lipinski definition) is 4. The molecule has 0 aromatic carbocycles. The van der Waals surface area contributed by atoms with E-state index in [1.165, 1.54) is 51.9 Å². The molecule has 8 nitrogen and oxygen atoms in total. The number of hydrogen-bond acceptors (Lipinski definition) is 6. The molecule has 8 heteroatoms. The zero-order chi connectivity index (χ0) is 17.7. The van der Waals surface area contributed by atoms with Crippen molar-refractivity contribution >= 4 is 11.9 Å². The molecular weight excluding hydrogens is 312 g/mol. The van der Waals surface area contributed by atoms with Gasteiger partial charge in [-0.2, -0.15) is 0 Å². The first-order valence-corrected chi connectivity index (χ1v) is 8.79. The lowest BCUT2D eigenvalue weighted by atomic mass is 9.85. The minimum atomic E-state index is -1.82. The molecule has 138 valence electrons. The van der Waals surface area contributed by atoms with E-state index in [9.17, 15) is 0 Å². The van der Waals surface area contributed by atoms with Gasteiger partial charge in [0.2, 0.25) is 0 Å². The normalized spacial score (nSPS) is 39.1. The van der Waals surface area contributed by atoms with Crippen LogP contribution >= 0.6 is 0 Å². The summed E-state index contributed by atoms with van der Waals surface area (Å²) >= 11 is 0. The molecule has 6 aliphatic rings. The van der Waals surface area contributed by atoms with Crippen molar-refractivity contribution in [2.45, 2.75) is 37.8 Å². The molecule has 6 heterocycles. The minimum Gasteiger partial charge on any atom is -0.473 e. The Labute approximate surface area is 142 Å². The Morgan fingerprint density at radius 1 is 0.708 bits per heavy atom. The summed E-state index contributed by atoms with van der Waals surface area (Å²) in [5.41, 5.74) is 11.8. The average Bonchev–Trinajstić information content (AvgIpc) is 2.57. The van der Waals surface area contributed by atoms with E-state index >= 15 is 0 Å². The second-order valence-electron chi connectivity index (χ2n) is 7.21. The SMILES string of the molecule is NC1CN2CCC1CC2.NC1CN2CCC1CC2.O=C(O)C(=O)O. The van der Waals surface area contributed by atoms with Crippen LogP contribution in [0.5, 0.6) is 0 Å². The summed E-state index contributed by atoms with van der Waals surface area (Å²) in [7, 11) is 0. The monoisotopic (exact) mass is 342 g/mol. The molecular formula is C16H30N4O4. The molecule has 6 aliphatic heterocycles. The third kappa shape index (κ3) is 5.41. The Balaban J connectivity index is 0.000000134. The Kier molecular flexibility index (Phi) is 6.97. The number of carboxylic acids is 2. The third-order valence-electron chi connectivity index (χ3n) is 5.60. The Hall–Kier alpha value is -1.22. The molecule has 6 saturated heterocycles. The van der Waals surface area contributed by atoms with Crippen molar-refractivity contribution in [2.24, 2.45) is 23.3 Å². The first-order chi connectivity index (χ1) is 11.4. The van der Waals surface area contributed by atoms with Crippen LogP contribution < -0.4 is 11.5 Å². The first-order valence-electron chi connectivity index (χ1n) is 8.79. The first kappa shape index (κ1) is 19.1. The molecule has 2 unspecified atom stereocenters. The highest BCUT2D eigenvalue weighted by Gasteiger charge is 2.31. The number of carbonyl (C=O) groups is 2. The number of rotatable bonds is 0.